The Morgan fingerprint density at radius 3 is 3.06 bits per heavy atom. The fraction of sp³-hybridized carbons (Fsp3) is 0.500. The van der Waals surface area contributed by atoms with Gasteiger partial charge in [-0.1, -0.05) is 0 Å². The zero-order chi connectivity index (χ0) is 13.0. The molecule has 1 aromatic heterocycles. The quantitative estimate of drug-likeness (QED) is 0.440. The molecule has 18 heavy (non-hydrogen) atoms. The van der Waals surface area contributed by atoms with Gasteiger partial charge in [-0.2, -0.15) is 5.26 Å². The maximum absolute atomic E-state index is 11.3. The molecule has 3 N–H and O–H groups in total. The Morgan fingerprint density at radius 1 is 1.67 bits per heavy atom. The molecule has 0 aliphatic heterocycles. The Balaban J connectivity index is 1.96. The van der Waals surface area contributed by atoms with E-state index >= 15 is 0 Å². The number of hydrogen-bond acceptors (Lipinski definition) is 5. The summed E-state index contributed by atoms with van der Waals surface area (Å²) in [5.41, 5.74) is 2.48. The lowest BCUT2D eigenvalue weighted by Gasteiger charge is -2.18. The number of carbonyl (C=O) groups excluding carboxylic acids is 1. The molecule has 96 valence electrons. The van der Waals surface area contributed by atoms with E-state index in [9.17, 15) is 4.79 Å². The molecule has 6 nitrogen and oxygen atoms in total. The number of nitriles is 1. The third-order valence-corrected chi connectivity index (χ3v) is 2.98. The lowest BCUT2D eigenvalue weighted by atomic mass is 10.3. The van der Waals surface area contributed by atoms with Crippen LogP contribution in [0.4, 0.5) is 0 Å². The summed E-state index contributed by atoms with van der Waals surface area (Å²) in [4.78, 5) is 13.5. The Labute approximate surface area is 105 Å². The second kappa shape index (κ2) is 5.67. The summed E-state index contributed by atoms with van der Waals surface area (Å²) in [7, 11) is 0. The molecule has 0 aromatic carbocycles. The van der Waals surface area contributed by atoms with E-state index < -0.39 is 0 Å². The van der Waals surface area contributed by atoms with Crippen LogP contribution in [0.2, 0.25) is 0 Å². The third kappa shape index (κ3) is 3.09. The predicted molar refractivity (Wildman–Crippen MR) is 64.0 cm³/mol. The SMILES string of the molecule is N#CCCN(Cc1cc(C(=O)NN)co1)C1CC1. The van der Waals surface area contributed by atoms with Gasteiger partial charge in [0.15, 0.2) is 0 Å². The van der Waals surface area contributed by atoms with E-state index in [0.717, 1.165) is 12.3 Å². The van der Waals surface area contributed by atoms with Crippen molar-refractivity contribution in [3.8, 4) is 6.07 Å². The van der Waals surface area contributed by atoms with Crippen LogP contribution in [0.15, 0.2) is 16.7 Å². The normalized spacial score (nSPS) is 14.5. The maximum atomic E-state index is 11.3. The van der Waals surface area contributed by atoms with Crippen molar-refractivity contribution >= 4 is 5.91 Å². The van der Waals surface area contributed by atoms with Gasteiger partial charge in [0.2, 0.25) is 0 Å². The molecule has 1 amide bonds. The molecular weight excluding hydrogens is 232 g/mol. The van der Waals surface area contributed by atoms with E-state index in [0.29, 0.717) is 24.6 Å². The molecule has 0 unspecified atom stereocenters. The third-order valence-electron chi connectivity index (χ3n) is 2.98. The van der Waals surface area contributed by atoms with Crippen molar-refractivity contribution in [3.63, 3.8) is 0 Å². The highest BCUT2D eigenvalue weighted by atomic mass is 16.3. The van der Waals surface area contributed by atoms with Crippen LogP contribution in [-0.4, -0.2) is 23.4 Å². The first-order chi connectivity index (χ1) is 8.74. The second-order valence-corrected chi connectivity index (χ2v) is 4.38. The summed E-state index contributed by atoms with van der Waals surface area (Å²) in [6.07, 6.45) is 4.24. The monoisotopic (exact) mass is 248 g/mol. The van der Waals surface area contributed by atoms with Crippen molar-refractivity contribution in [1.29, 1.82) is 5.26 Å². The average Bonchev–Trinajstić information content (AvgIpc) is 3.13. The minimum absolute atomic E-state index is 0.361. The van der Waals surface area contributed by atoms with Gasteiger partial charge >= 0.3 is 0 Å². The van der Waals surface area contributed by atoms with Gasteiger partial charge in [-0.3, -0.25) is 15.1 Å². The zero-order valence-corrected chi connectivity index (χ0v) is 10.1. The van der Waals surface area contributed by atoms with Crippen molar-refractivity contribution in [1.82, 2.24) is 10.3 Å². The zero-order valence-electron chi connectivity index (χ0n) is 10.1. The molecular formula is C12H16N4O2. The van der Waals surface area contributed by atoms with Crippen molar-refractivity contribution in [2.24, 2.45) is 5.84 Å². The van der Waals surface area contributed by atoms with E-state index in [1.807, 2.05) is 0 Å². The Bertz CT molecular complexity index is 459. The number of hydrogen-bond donors (Lipinski definition) is 2. The van der Waals surface area contributed by atoms with E-state index in [1.165, 1.54) is 19.1 Å². The Morgan fingerprint density at radius 2 is 2.44 bits per heavy atom. The Kier molecular flexibility index (Phi) is 3.97. The van der Waals surface area contributed by atoms with Crippen LogP contribution in [0.1, 0.15) is 35.4 Å². The molecule has 0 atom stereocenters. The summed E-state index contributed by atoms with van der Waals surface area (Å²) >= 11 is 0. The second-order valence-electron chi connectivity index (χ2n) is 4.38. The van der Waals surface area contributed by atoms with Crippen LogP contribution in [0.25, 0.3) is 0 Å². The first kappa shape index (κ1) is 12.6. The van der Waals surface area contributed by atoms with E-state index in [4.69, 9.17) is 15.5 Å². The van der Waals surface area contributed by atoms with Gasteiger partial charge in [0, 0.05) is 19.0 Å². The molecule has 0 bridgehead atoms. The number of furan rings is 1. The standard InChI is InChI=1S/C12H16N4O2/c13-4-1-5-16(10-2-3-10)7-11-6-9(8-18-11)12(17)15-14/h6,8,10H,1-3,5,7,14H2,(H,15,17). The van der Waals surface area contributed by atoms with Crippen LogP contribution < -0.4 is 11.3 Å². The summed E-state index contributed by atoms with van der Waals surface area (Å²) in [6.45, 7) is 1.37. The van der Waals surface area contributed by atoms with E-state index in [-0.39, 0.29) is 5.91 Å². The number of nitrogen functional groups attached to an aromatic ring is 1. The highest BCUT2D eigenvalue weighted by Gasteiger charge is 2.29. The van der Waals surface area contributed by atoms with Crippen LogP contribution in [0.3, 0.4) is 0 Å². The molecule has 1 aromatic rings. The first-order valence-corrected chi connectivity index (χ1v) is 5.94. The molecule has 1 aliphatic carbocycles. The Hall–Kier alpha value is -1.84. The minimum Gasteiger partial charge on any atom is -0.467 e. The molecule has 1 saturated carbocycles. The summed E-state index contributed by atoms with van der Waals surface area (Å²) in [5, 5.41) is 8.63. The van der Waals surface area contributed by atoms with Gasteiger partial charge in [-0.25, -0.2) is 5.84 Å². The first-order valence-electron chi connectivity index (χ1n) is 5.94. The van der Waals surface area contributed by atoms with Gasteiger partial charge < -0.3 is 4.42 Å². The fourth-order valence-electron chi connectivity index (χ4n) is 1.89. The molecule has 0 radical (unpaired) electrons. The molecule has 1 fully saturated rings. The highest BCUT2D eigenvalue weighted by Crippen LogP contribution is 2.28. The maximum Gasteiger partial charge on any atom is 0.268 e. The van der Waals surface area contributed by atoms with Gasteiger partial charge in [0.1, 0.15) is 12.0 Å². The van der Waals surface area contributed by atoms with Crippen LogP contribution in [0, 0.1) is 11.3 Å². The molecule has 0 saturated heterocycles. The number of nitrogens with two attached hydrogens (primary N) is 1. The average molecular weight is 248 g/mol. The highest BCUT2D eigenvalue weighted by molar-refractivity contribution is 5.93. The lowest BCUT2D eigenvalue weighted by Crippen LogP contribution is -2.29. The van der Waals surface area contributed by atoms with E-state index in [1.54, 1.807) is 6.07 Å². The fourth-order valence-corrected chi connectivity index (χ4v) is 1.89. The molecule has 1 heterocycles. The largest absolute Gasteiger partial charge is 0.467 e. The number of nitrogens with zero attached hydrogens (tertiary/aromatic N) is 2. The minimum atomic E-state index is -0.361. The number of amides is 1. The molecule has 0 spiro atoms. The van der Waals surface area contributed by atoms with Crippen molar-refractivity contribution < 1.29 is 9.21 Å². The van der Waals surface area contributed by atoms with Gasteiger partial charge in [0.05, 0.1) is 18.2 Å². The van der Waals surface area contributed by atoms with Gasteiger partial charge in [0.25, 0.3) is 5.91 Å². The summed E-state index contributed by atoms with van der Waals surface area (Å²) < 4.78 is 5.34. The smallest absolute Gasteiger partial charge is 0.268 e. The topological polar surface area (TPSA) is 95.3 Å². The molecule has 2 rings (SSSR count). The predicted octanol–water partition coefficient (Wildman–Crippen LogP) is 0.761. The summed E-state index contributed by atoms with van der Waals surface area (Å²) in [6, 6.07) is 4.38. The molecule has 6 heteroatoms. The number of rotatable bonds is 6. The molecule has 1 aliphatic rings. The van der Waals surface area contributed by atoms with Crippen molar-refractivity contribution in [2.75, 3.05) is 6.54 Å². The van der Waals surface area contributed by atoms with Crippen molar-refractivity contribution in [3.05, 3.63) is 23.7 Å². The number of carbonyl (C=O) groups is 1. The van der Waals surface area contributed by atoms with Crippen LogP contribution >= 0.6 is 0 Å². The summed E-state index contributed by atoms with van der Waals surface area (Å²) in [5.74, 6) is 5.41. The van der Waals surface area contributed by atoms with Gasteiger partial charge in [-0.05, 0) is 18.9 Å². The van der Waals surface area contributed by atoms with Gasteiger partial charge in [-0.15, -0.1) is 0 Å². The van der Waals surface area contributed by atoms with Crippen molar-refractivity contribution in [2.45, 2.75) is 31.8 Å². The van der Waals surface area contributed by atoms with E-state index in [2.05, 4.69) is 16.4 Å². The number of hydrazine groups is 1. The lowest BCUT2D eigenvalue weighted by molar-refractivity contribution is 0.0953. The van der Waals surface area contributed by atoms with Crippen LogP contribution in [0.5, 0.6) is 0 Å². The number of nitrogens with one attached hydrogen (secondary N) is 1. The van der Waals surface area contributed by atoms with Crippen LogP contribution in [-0.2, 0) is 6.54 Å².